The van der Waals surface area contributed by atoms with Crippen molar-refractivity contribution in [1.82, 2.24) is 4.57 Å². The molecular formula is C20H22N2O4S. The van der Waals surface area contributed by atoms with E-state index in [4.69, 9.17) is 14.2 Å². The lowest BCUT2D eigenvalue weighted by atomic mass is 10.2. The van der Waals surface area contributed by atoms with Gasteiger partial charge in [-0.05, 0) is 37.3 Å². The highest BCUT2D eigenvalue weighted by Crippen LogP contribution is 2.24. The van der Waals surface area contributed by atoms with Crippen LogP contribution in [0, 0.1) is 0 Å². The molecule has 1 amide bonds. The molecular weight excluding hydrogens is 364 g/mol. The summed E-state index contributed by atoms with van der Waals surface area (Å²) in [5, 5.41) is 0. The first-order valence-electron chi connectivity index (χ1n) is 8.65. The number of methoxy groups -OCH3 is 2. The normalized spacial score (nSPS) is 11.7. The highest BCUT2D eigenvalue weighted by Gasteiger charge is 2.13. The number of para-hydroxylation sites is 1. The minimum absolute atomic E-state index is 0.330. The lowest BCUT2D eigenvalue weighted by Crippen LogP contribution is -2.19. The fourth-order valence-corrected chi connectivity index (χ4v) is 3.82. The number of fused-ring (bicyclic) bond motifs is 1. The van der Waals surface area contributed by atoms with Crippen LogP contribution in [0.5, 0.6) is 11.5 Å². The van der Waals surface area contributed by atoms with Crippen LogP contribution in [0.25, 0.3) is 10.2 Å². The summed E-state index contributed by atoms with van der Waals surface area (Å²) < 4.78 is 19.1. The van der Waals surface area contributed by atoms with Gasteiger partial charge in [0.15, 0.2) is 4.80 Å². The Morgan fingerprint density at radius 1 is 1.19 bits per heavy atom. The average Bonchev–Trinajstić information content (AvgIpc) is 3.02. The summed E-state index contributed by atoms with van der Waals surface area (Å²) in [7, 11) is 3.28. The van der Waals surface area contributed by atoms with Gasteiger partial charge < -0.3 is 18.8 Å². The number of amides is 1. The molecule has 1 heterocycles. The summed E-state index contributed by atoms with van der Waals surface area (Å²) in [5.74, 6) is 0.978. The number of thiazole rings is 1. The van der Waals surface area contributed by atoms with Crippen molar-refractivity contribution in [1.29, 1.82) is 0 Å². The number of ether oxygens (including phenoxy) is 3. The minimum Gasteiger partial charge on any atom is -0.497 e. The Kier molecular flexibility index (Phi) is 6.26. The van der Waals surface area contributed by atoms with E-state index in [-0.39, 0.29) is 5.91 Å². The Bertz CT molecular complexity index is 1010. The maximum atomic E-state index is 12.8. The van der Waals surface area contributed by atoms with Crippen molar-refractivity contribution in [2.45, 2.75) is 13.5 Å². The quantitative estimate of drug-likeness (QED) is 0.624. The van der Waals surface area contributed by atoms with Gasteiger partial charge >= 0.3 is 0 Å². The zero-order valence-electron chi connectivity index (χ0n) is 15.6. The predicted octanol–water partition coefficient (Wildman–Crippen LogP) is 3.50. The second-order valence-electron chi connectivity index (χ2n) is 5.71. The van der Waals surface area contributed by atoms with E-state index in [1.54, 1.807) is 32.4 Å². The predicted molar refractivity (Wildman–Crippen MR) is 106 cm³/mol. The van der Waals surface area contributed by atoms with E-state index < -0.39 is 0 Å². The molecule has 27 heavy (non-hydrogen) atoms. The fraction of sp³-hybridized carbons (Fsp3) is 0.300. The smallest absolute Gasteiger partial charge is 0.283 e. The molecule has 1 aromatic heterocycles. The maximum Gasteiger partial charge on any atom is 0.283 e. The fourth-order valence-electron chi connectivity index (χ4n) is 2.74. The van der Waals surface area contributed by atoms with Crippen molar-refractivity contribution in [3.8, 4) is 11.5 Å². The molecule has 0 fully saturated rings. The minimum atomic E-state index is -0.330. The van der Waals surface area contributed by atoms with E-state index in [1.165, 1.54) is 11.3 Å². The molecule has 0 atom stereocenters. The second kappa shape index (κ2) is 8.83. The highest BCUT2D eigenvalue weighted by atomic mass is 32.1. The van der Waals surface area contributed by atoms with Gasteiger partial charge in [-0.2, -0.15) is 4.99 Å². The molecule has 0 saturated carbocycles. The second-order valence-corrected chi connectivity index (χ2v) is 6.72. The van der Waals surface area contributed by atoms with Crippen molar-refractivity contribution >= 4 is 27.5 Å². The summed E-state index contributed by atoms with van der Waals surface area (Å²) in [5.41, 5.74) is 1.44. The van der Waals surface area contributed by atoms with Crippen molar-refractivity contribution in [3.05, 3.63) is 52.8 Å². The lowest BCUT2D eigenvalue weighted by molar-refractivity contribution is 0.0993. The van der Waals surface area contributed by atoms with E-state index in [1.807, 2.05) is 35.8 Å². The highest BCUT2D eigenvalue weighted by molar-refractivity contribution is 7.16. The Morgan fingerprint density at radius 3 is 2.74 bits per heavy atom. The summed E-state index contributed by atoms with van der Waals surface area (Å²) in [6, 6.07) is 13.0. The van der Waals surface area contributed by atoms with Crippen molar-refractivity contribution < 1.29 is 19.0 Å². The Hall–Kier alpha value is -2.64. The first-order valence-corrected chi connectivity index (χ1v) is 9.46. The number of carbonyl (C=O) groups is 1. The largest absolute Gasteiger partial charge is 0.497 e. The van der Waals surface area contributed by atoms with E-state index in [0.717, 1.165) is 16.0 Å². The van der Waals surface area contributed by atoms with E-state index >= 15 is 0 Å². The number of aromatic nitrogens is 1. The topological polar surface area (TPSA) is 62.0 Å². The van der Waals surface area contributed by atoms with Crippen molar-refractivity contribution in [3.63, 3.8) is 0 Å². The maximum absolute atomic E-state index is 12.8. The Balaban J connectivity index is 2.10. The van der Waals surface area contributed by atoms with Gasteiger partial charge in [0.2, 0.25) is 0 Å². The van der Waals surface area contributed by atoms with Crippen LogP contribution >= 0.6 is 11.3 Å². The molecule has 3 aromatic rings. The number of rotatable bonds is 7. The van der Waals surface area contributed by atoms with Crippen LogP contribution in [0.2, 0.25) is 0 Å². The molecule has 6 nitrogen and oxygen atoms in total. The molecule has 0 aliphatic rings. The summed E-state index contributed by atoms with van der Waals surface area (Å²) in [4.78, 5) is 17.8. The van der Waals surface area contributed by atoms with Crippen LogP contribution < -0.4 is 14.3 Å². The number of nitrogens with zero attached hydrogens (tertiary/aromatic N) is 2. The molecule has 0 bridgehead atoms. The number of benzene rings is 2. The summed E-state index contributed by atoms with van der Waals surface area (Å²) in [6.45, 7) is 3.49. The summed E-state index contributed by atoms with van der Waals surface area (Å²) in [6.07, 6.45) is 0. The van der Waals surface area contributed by atoms with Crippen molar-refractivity contribution in [2.24, 2.45) is 4.99 Å². The van der Waals surface area contributed by atoms with Gasteiger partial charge in [0.1, 0.15) is 11.5 Å². The molecule has 0 N–H and O–H groups in total. The van der Waals surface area contributed by atoms with Crippen LogP contribution in [0.15, 0.2) is 47.5 Å². The third kappa shape index (κ3) is 4.20. The van der Waals surface area contributed by atoms with Crippen LogP contribution in [0.1, 0.15) is 17.3 Å². The number of hydrogen-bond donors (Lipinski definition) is 0. The standard InChI is InChI=1S/C20H22N2O4S/c1-4-26-17-8-6-5-7-15(17)19(23)21-20-22(11-12-24-2)16-10-9-14(25-3)13-18(16)27-20/h5-10,13H,4,11-12H2,1-3H3. The molecule has 0 saturated heterocycles. The average molecular weight is 386 g/mol. The molecule has 3 rings (SSSR count). The molecule has 2 aromatic carbocycles. The van der Waals surface area contributed by atoms with Crippen LogP contribution in [-0.2, 0) is 11.3 Å². The monoisotopic (exact) mass is 386 g/mol. The Morgan fingerprint density at radius 2 is 2.00 bits per heavy atom. The zero-order chi connectivity index (χ0) is 19.2. The number of carbonyl (C=O) groups excluding carboxylic acids is 1. The molecule has 0 aliphatic carbocycles. The molecule has 7 heteroatoms. The summed E-state index contributed by atoms with van der Waals surface area (Å²) >= 11 is 1.45. The van der Waals surface area contributed by atoms with E-state index in [0.29, 0.717) is 35.9 Å². The van der Waals surface area contributed by atoms with E-state index in [2.05, 4.69) is 4.99 Å². The molecule has 0 spiro atoms. The lowest BCUT2D eigenvalue weighted by Gasteiger charge is -2.07. The van der Waals surface area contributed by atoms with Crippen molar-refractivity contribution in [2.75, 3.05) is 27.4 Å². The molecule has 142 valence electrons. The molecule has 0 radical (unpaired) electrons. The Labute approximate surface area is 161 Å². The molecule has 0 unspecified atom stereocenters. The van der Waals surface area contributed by atoms with Gasteiger partial charge in [0.25, 0.3) is 5.91 Å². The van der Waals surface area contributed by atoms with Crippen LogP contribution in [0.3, 0.4) is 0 Å². The third-order valence-corrected chi connectivity index (χ3v) is 5.06. The van der Waals surface area contributed by atoms with Gasteiger partial charge in [-0.1, -0.05) is 23.5 Å². The number of hydrogen-bond acceptors (Lipinski definition) is 5. The zero-order valence-corrected chi connectivity index (χ0v) is 16.4. The third-order valence-electron chi connectivity index (χ3n) is 4.02. The van der Waals surface area contributed by atoms with E-state index in [9.17, 15) is 4.79 Å². The molecule has 0 aliphatic heterocycles. The first-order chi connectivity index (χ1) is 13.2. The SMILES string of the molecule is CCOc1ccccc1C(=O)N=c1sc2cc(OC)ccc2n1CCOC. The van der Waals surface area contributed by atoms with Gasteiger partial charge in [-0.3, -0.25) is 4.79 Å². The van der Waals surface area contributed by atoms with Gasteiger partial charge in [0.05, 0.1) is 36.1 Å². The van der Waals surface area contributed by atoms with Crippen LogP contribution in [-0.4, -0.2) is 37.9 Å². The van der Waals surface area contributed by atoms with Gasteiger partial charge in [0, 0.05) is 13.7 Å². The van der Waals surface area contributed by atoms with Crippen LogP contribution in [0.4, 0.5) is 0 Å². The van der Waals surface area contributed by atoms with Gasteiger partial charge in [-0.25, -0.2) is 0 Å². The van der Waals surface area contributed by atoms with Gasteiger partial charge in [-0.15, -0.1) is 0 Å². The first kappa shape index (κ1) is 19.1.